The van der Waals surface area contributed by atoms with Crippen molar-refractivity contribution in [2.75, 3.05) is 45.8 Å². The molecule has 100 valence electrons. The highest BCUT2D eigenvalue weighted by molar-refractivity contribution is 4.92. The molecular formula is C14H29N3. The molecule has 1 saturated heterocycles. The van der Waals surface area contributed by atoms with Crippen LogP contribution in [0, 0.1) is 0 Å². The van der Waals surface area contributed by atoms with Gasteiger partial charge >= 0.3 is 0 Å². The first-order valence-electron chi connectivity index (χ1n) is 7.00. The maximum absolute atomic E-state index is 5.57. The van der Waals surface area contributed by atoms with Crippen LogP contribution in [0.3, 0.4) is 0 Å². The fraction of sp³-hybridized carbons (Fsp3) is 0.857. The molecule has 0 saturated carbocycles. The molecule has 2 N–H and O–H groups in total. The molecule has 3 heteroatoms. The highest BCUT2D eigenvalue weighted by Crippen LogP contribution is 2.05. The Bertz CT molecular complexity index is 214. The van der Waals surface area contributed by atoms with Crippen molar-refractivity contribution in [3.8, 4) is 0 Å². The van der Waals surface area contributed by atoms with Crippen molar-refractivity contribution < 1.29 is 0 Å². The van der Waals surface area contributed by atoms with Gasteiger partial charge in [0.2, 0.25) is 0 Å². The minimum absolute atomic E-state index is 0.794. The zero-order chi connectivity index (χ0) is 12.5. The van der Waals surface area contributed by atoms with Crippen LogP contribution >= 0.6 is 0 Å². The number of unbranched alkanes of at least 4 members (excludes halogenated alkanes) is 2. The van der Waals surface area contributed by atoms with Crippen LogP contribution in [0.15, 0.2) is 11.6 Å². The van der Waals surface area contributed by atoms with Gasteiger partial charge in [0.05, 0.1) is 0 Å². The summed E-state index contributed by atoms with van der Waals surface area (Å²) in [6.45, 7) is 12.3. The highest BCUT2D eigenvalue weighted by Gasteiger charge is 2.14. The van der Waals surface area contributed by atoms with Crippen molar-refractivity contribution in [1.82, 2.24) is 9.80 Å². The Morgan fingerprint density at radius 2 is 1.59 bits per heavy atom. The van der Waals surface area contributed by atoms with E-state index in [4.69, 9.17) is 5.73 Å². The molecule has 0 aliphatic carbocycles. The number of hydrogen-bond acceptors (Lipinski definition) is 3. The summed E-state index contributed by atoms with van der Waals surface area (Å²) in [7, 11) is 0. The molecule has 0 aromatic heterocycles. The lowest BCUT2D eigenvalue weighted by molar-refractivity contribution is 0.133. The first-order chi connectivity index (χ1) is 8.22. The van der Waals surface area contributed by atoms with Crippen LogP contribution in [-0.4, -0.2) is 55.6 Å². The second-order valence-electron chi connectivity index (χ2n) is 5.25. The van der Waals surface area contributed by atoms with Crippen molar-refractivity contribution >= 4 is 0 Å². The van der Waals surface area contributed by atoms with Gasteiger partial charge in [-0.3, -0.25) is 4.90 Å². The summed E-state index contributed by atoms with van der Waals surface area (Å²) in [6.07, 6.45) is 6.25. The molecule has 1 aliphatic heterocycles. The SMILES string of the molecule is CC(C)=CCCCCN1CCN(CCN)CC1. The van der Waals surface area contributed by atoms with Gasteiger partial charge in [0.25, 0.3) is 0 Å². The van der Waals surface area contributed by atoms with Crippen LogP contribution in [-0.2, 0) is 0 Å². The molecule has 1 fully saturated rings. The van der Waals surface area contributed by atoms with E-state index in [1.165, 1.54) is 57.6 Å². The van der Waals surface area contributed by atoms with E-state index >= 15 is 0 Å². The minimum Gasteiger partial charge on any atom is -0.329 e. The van der Waals surface area contributed by atoms with Crippen LogP contribution in [0.2, 0.25) is 0 Å². The Morgan fingerprint density at radius 1 is 1.00 bits per heavy atom. The van der Waals surface area contributed by atoms with Crippen molar-refractivity contribution in [2.24, 2.45) is 5.73 Å². The summed E-state index contributed by atoms with van der Waals surface area (Å²) in [5.41, 5.74) is 7.02. The number of hydrogen-bond donors (Lipinski definition) is 1. The Kier molecular flexibility index (Phi) is 7.49. The van der Waals surface area contributed by atoms with Crippen molar-refractivity contribution in [1.29, 1.82) is 0 Å². The monoisotopic (exact) mass is 239 g/mol. The molecule has 0 amide bonds. The van der Waals surface area contributed by atoms with E-state index in [0.29, 0.717) is 0 Å². The molecule has 0 radical (unpaired) electrons. The summed E-state index contributed by atoms with van der Waals surface area (Å²) in [5.74, 6) is 0. The van der Waals surface area contributed by atoms with E-state index in [0.717, 1.165) is 13.1 Å². The van der Waals surface area contributed by atoms with E-state index in [9.17, 15) is 0 Å². The maximum Gasteiger partial charge on any atom is 0.0110 e. The Hall–Kier alpha value is -0.380. The van der Waals surface area contributed by atoms with Gasteiger partial charge in [-0.1, -0.05) is 11.6 Å². The molecule has 0 aromatic carbocycles. The summed E-state index contributed by atoms with van der Waals surface area (Å²) >= 11 is 0. The average Bonchev–Trinajstić information content (AvgIpc) is 2.31. The predicted octanol–water partition coefficient (Wildman–Crippen LogP) is 1.70. The zero-order valence-electron chi connectivity index (χ0n) is 11.6. The molecular weight excluding hydrogens is 210 g/mol. The Morgan fingerprint density at radius 3 is 2.12 bits per heavy atom. The lowest BCUT2D eigenvalue weighted by Crippen LogP contribution is -2.47. The van der Waals surface area contributed by atoms with Gasteiger partial charge in [0, 0.05) is 39.3 Å². The molecule has 0 atom stereocenters. The third kappa shape index (κ3) is 6.81. The smallest absolute Gasteiger partial charge is 0.0110 e. The van der Waals surface area contributed by atoms with Gasteiger partial charge < -0.3 is 10.6 Å². The van der Waals surface area contributed by atoms with Gasteiger partial charge in [-0.15, -0.1) is 0 Å². The molecule has 0 aromatic rings. The van der Waals surface area contributed by atoms with Gasteiger partial charge in [-0.2, -0.15) is 0 Å². The zero-order valence-corrected chi connectivity index (χ0v) is 11.6. The van der Waals surface area contributed by atoms with Crippen molar-refractivity contribution in [3.05, 3.63) is 11.6 Å². The standard InChI is InChI=1S/C14H29N3/c1-14(2)6-4-3-5-8-16-10-12-17(9-7-15)13-11-16/h6H,3-5,7-13,15H2,1-2H3. The molecule has 3 nitrogen and oxygen atoms in total. The lowest BCUT2D eigenvalue weighted by atomic mass is 10.2. The third-order valence-corrected chi connectivity index (χ3v) is 3.39. The molecule has 1 aliphatic rings. The number of allylic oxidation sites excluding steroid dienone is 2. The summed E-state index contributed by atoms with van der Waals surface area (Å²) in [6, 6.07) is 0. The molecule has 1 heterocycles. The average molecular weight is 239 g/mol. The van der Waals surface area contributed by atoms with E-state index in [2.05, 4.69) is 29.7 Å². The quantitative estimate of drug-likeness (QED) is 0.542. The number of rotatable bonds is 7. The Balaban J connectivity index is 2.00. The molecule has 1 rings (SSSR count). The van der Waals surface area contributed by atoms with E-state index < -0.39 is 0 Å². The summed E-state index contributed by atoms with van der Waals surface area (Å²) < 4.78 is 0. The number of piperazine rings is 1. The first-order valence-corrected chi connectivity index (χ1v) is 7.00. The number of nitrogens with zero attached hydrogens (tertiary/aromatic N) is 2. The van der Waals surface area contributed by atoms with Crippen molar-refractivity contribution in [2.45, 2.75) is 33.1 Å². The molecule has 0 bridgehead atoms. The Labute approximate surface area is 107 Å². The second kappa shape index (κ2) is 8.67. The minimum atomic E-state index is 0.794. The maximum atomic E-state index is 5.57. The van der Waals surface area contributed by atoms with Gasteiger partial charge in [-0.25, -0.2) is 0 Å². The molecule has 17 heavy (non-hydrogen) atoms. The van der Waals surface area contributed by atoms with Crippen LogP contribution in [0.5, 0.6) is 0 Å². The van der Waals surface area contributed by atoms with Crippen LogP contribution in [0.25, 0.3) is 0 Å². The molecule has 0 unspecified atom stereocenters. The lowest BCUT2D eigenvalue weighted by Gasteiger charge is -2.34. The van der Waals surface area contributed by atoms with E-state index in [1.54, 1.807) is 0 Å². The van der Waals surface area contributed by atoms with E-state index in [-0.39, 0.29) is 0 Å². The van der Waals surface area contributed by atoms with E-state index in [1.807, 2.05) is 0 Å². The van der Waals surface area contributed by atoms with Crippen LogP contribution in [0.1, 0.15) is 33.1 Å². The van der Waals surface area contributed by atoms with Crippen molar-refractivity contribution in [3.63, 3.8) is 0 Å². The number of nitrogens with two attached hydrogens (primary N) is 1. The summed E-state index contributed by atoms with van der Waals surface area (Å²) in [5, 5.41) is 0. The topological polar surface area (TPSA) is 32.5 Å². The van der Waals surface area contributed by atoms with Crippen LogP contribution in [0.4, 0.5) is 0 Å². The molecule has 0 spiro atoms. The van der Waals surface area contributed by atoms with Gasteiger partial charge in [0.1, 0.15) is 0 Å². The predicted molar refractivity (Wildman–Crippen MR) is 75.2 cm³/mol. The van der Waals surface area contributed by atoms with Crippen LogP contribution < -0.4 is 5.73 Å². The third-order valence-electron chi connectivity index (χ3n) is 3.39. The fourth-order valence-corrected chi connectivity index (χ4v) is 2.29. The largest absolute Gasteiger partial charge is 0.329 e. The van der Waals surface area contributed by atoms with Gasteiger partial charge in [-0.05, 0) is 39.7 Å². The van der Waals surface area contributed by atoms with Gasteiger partial charge in [0.15, 0.2) is 0 Å². The normalized spacial score (nSPS) is 18.3. The first kappa shape index (κ1) is 14.7. The summed E-state index contributed by atoms with van der Waals surface area (Å²) in [4.78, 5) is 5.06. The highest BCUT2D eigenvalue weighted by atomic mass is 15.3. The fourth-order valence-electron chi connectivity index (χ4n) is 2.29. The second-order valence-corrected chi connectivity index (χ2v) is 5.25.